The molecule has 6 heterocycles. The zero-order valence-electron chi connectivity index (χ0n) is 17.8. The normalized spacial score (nSPS) is 14.8. The Labute approximate surface area is 189 Å². The van der Waals surface area contributed by atoms with Gasteiger partial charge in [-0.05, 0) is 42.3 Å². The van der Waals surface area contributed by atoms with E-state index in [0.717, 1.165) is 45.9 Å². The maximum atomic E-state index is 13.7. The van der Waals surface area contributed by atoms with Crippen LogP contribution in [-0.4, -0.2) is 54.8 Å². The van der Waals surface area contributed by atoms with E-state index >= 15 is 0 Å². The van der Waals surface area contributed by atoms with Gasteiger partial charge in [0.25, 0.3) is 0 Å². The first kappa shape index (κ1) is 19.8. The molecule has 0 atom stereocenters. The van der Waals surface area contributed by atoms with Crippen LogP contribution in [0.5, 0.6) is 0 Å². The highest BCUT2D eigenvalue weighted by molar-refractivity contribution is 7.90. The molecule has 11 heteroatoms. The van der Waals surface area contributed by atoms with Crippen molar-refractivity contribution in [1.29, 1.82) is 0 Å². The molecular formula is C22H20N8O2S. The summed E-state index contributed by atoms with van der Waals surface area (Å²) in [5.41, 5.74) is 5.23. The number of rotatable bonds is 4. The van der Waals surface area contributed by atoms with Crippen molar-refractivity contribution < 1.29 is 8.42 Å². The van der Waals surface area contributed by atoms with Crippen molar-refractivity contribution in [2.24, 2.45) is 7.05 Å². The zero-order chi connectivity index (χ0) is 22.6. The van der Waals surface area contributed by atoms with Gasteiger partial charge < -0.3 is 5.32 Å². The Morgan fingerprint density at radius 1 is 0.970 bits per heavy atom. The van der Waals surface area contributed by atoms with Gasteiger partial charge in [-0.2, -0.15) is 22.7 Å². The molecule has 0 unspecified atom stereocenters. The first-order valence-electron chi connectivity index (χ1n) is 10.5. The topological polar surface area (TPSA) is 112 Å². The lowest BCUT2D eigenvalue weighted by atomic mass is 10.0. The van der Waals surface area contributed by atoms with Crippen LogP contribution in [0, 0.1) is 0 Å². The molecule has 0 radical (unpaired) electrons. The molecule has 0 aliphatic carbocycles. The van der Waals surface area contributed by atoms with Crippen LogP contribution in [0.4, 0.5) is 0 Å². The number of fused-ring (bicyclic) bond motifs is 2. The van der Waals surface area contributed by atoms with Crippen LogP contribution in [0.25, 0.3) is 33.4 Å². The standard InChI is InChI=1S/C22H20N8O2S/c1-28-13-18(10-26-28)16-2-3-21-25-12-22(29(21)14-16)33(31,32)30-20-8-17(9-24-19(20)11-27-30)15-4-6-23-7-5-15/h2-4,8-14,23H,5-7H2,1H3. The summed E-state index contributed by atoms with van der Waals surface area (Å²) in [6, 6.07) is 5.52. The quantitative estimate of drug-likeness (QED) is 0.437. The van der Waals surface area contributed by atoms with E-state index in [9.17, 15) is 8.42 Å². The van der Waals surface area contributed by atoms with Crippen molar-refractivity contribution in [3.05, 3.63) is 67.0 Å². The maximum Gasteiger partial charge on any atom is 0.301 e. The van der Waals surface area contributed by atoms with E-state index in [1.165, 1.54) is 12.4 Å². The minimum absolute atomic E-state index is 0.0275. The Kier molecular flexibility index (Phi) is 4.42. The van der Waals surface area contributed by atoms with Gasteiger partial charge in [0.05, 0.1) is 18.6 Å². The van der Waals surface area contributed by atoms with Gasteiger partial charge in [-0.25, -0.2) is 4.98 Å². The third kappa shape index (κ3) is 3.24. The summed E-state index contributed by atoms with van der Waals surface area (Å²) in [5.74, 6) is 0. The van der Waals surface area contributed by atoms with Gasteiger partial charge in [-0.15, -0.1) is 0 Å². The second kappa shape index (κ2) is 7.36. The van der Waals surface area contributed by atoms with Crippen LogP contribution in [0.3, 0.4) is 0 Å². The Morgan fingerprint density at radius 2 is 1.88 bits per heavy atom. The molecule has 5 aromatic rings. The number of nitrogens with one attached hydrogen (secondary N) is 1. The molecule has 0 saturated heterocycles. The molecular weight excluding hydrogens is 440 g/mol. The van der Waals surface area contributed by atoms with E-state index in [1.54, 1.807) is 33.7 Å². The van der Waals surface area contributed by atoms with Gasteiger partial charge in [0.15, 0.2) is 5.03 Å². The first-order valence-corrected chi connectivity index (χ1v) is 11.9. The van der Waals surface area contributed by atoms with E-state index in [4.69, 9.17) is 0 Å². The van der Waals surface area contributed by atoms with Gasteiger partial charge in [-0.1, -0.05) is 6.08 Å². The summed E-state index contributed by atoms with van der Waals surface area (Å²) >= 11 is 0. The SMILES string of the molecule is Cn1cc(-c2ccc3ncc(S(=O)(=O)n4ncc5ncc(C6=CCNCC6)cc54)n3c2)cn1. The number of pyridine rings is 2. The number of hydrogen-bond donors (Lipinski definition) is 1. The second-order valence-electron chi connectivity index (χ2n) is 7.95. The molecule has 1 N–H and O–H groups in total. The van der Waals surface area contributed by atoms with Gasteiger partial charge in [0.1, 0.15) is 16.7 Å². The minimum Gasteiger partial charge on any atom is -0.313 e. The highest BCUT2D eigenvalue weighted by Gasteiger charge is 2.25. The second-order valence-corrected chi connectivity index (χ2v) is 9.66. The molecule has 0 aromatic carbocycles. The summed E-state index contributed by atoms with van der Waals surface area (Å²) < 4.78 is 31.7. The number of aryl methyl sites for hydroxylation is 1. The fourth-order valence-corrected chi connectivity index (χ4v) is 5.45. The Balaban J connectivity index is 1.49. The Hall–Kier alpha value is -3.83. The van der Waals surface area contributed by atoms with Crippen LogP contribution in [0.15, 0.2) is 66.5 Å². The van der Waals surface area contributed by atoms with Crippen LogP contribution < -0.4 is 5.32 Å². The van der Waals surface area contributed by atoms with E-state index in [1.807, 2.05) is 25.4 Å². The highest BCUT2D eigenvalue weighted by Crippen LogP contribution is 2.26. The van der Waals surface area contributed by atoms with E-state index < -0.39 is 10.0 Å². The van der Waals surface area contributed by atoms with Gasteiger partial charge in [-0.3, -0.25) is 14.1 Å². The molecule has 10 nitrogen and oxygen atoms in total. The van der Waals surface area contributed by atoms with E-state index in [-0.39, 0.29) is 5.03 Å². The van der Waals surface area contributed by atoms with E-state index in [2.05, 4.69) is 31.6 Å². The summed E-state index contributed by atoms with van der Waals surface area (Å²) in [7, 11) is -2.20. The summed E-state index contributed by atoms with van der Waals surface area (Å²) in [6.07, 6.45) is 12.9. The summed E-state index contributed by atoms with van der Waals surface area (Å²) in [5, 5.41) is 11.7. The van der Waals surface area contributed by atoms with Crippen molar-refractivity contribution in [3.63, 3.8) is 0 Å². The van der Waals surface area contributed by atoms with E-state index in [0.29, 0.717) is 16.7 Å². The molecule has 0 fully saturated rings. The van der Waals surface area contributed by atoms with Crippen molar-refractivity contribution in [3.8, 4) is 11.1 Å². The lowest BCUT2D eigenvalue weighted by Gasteiger charge is -2.14. The number of hydrogen-bond acceptors (Lipinski definition) is 7. The lowest BCUT2D eigenvalue weighted by Crippen LogP contribution is -2.20. The maximum absolute atomic E-state index is 13.7. The average Bonchev–Trinajstić information content (AvgIpc) is 3.56. The third-order valence-electron chi connectivity index (χ3n) is 5.82. The molecule has 6 rings (SSSR count). The minimum atomic E-state index is -4.03. The summed E-state index contributed by atoms with van der Waals surface area (Å²) in [6.45, 7) is 1.66. The predicted molar refractivity (Wildman–Crippen MR) is 123 cm³/mol. The molecule has 0 amide bonds. The molecule has 33 heavy (non-hydrogen) atoms. The van der Waals surface area contributed by atoms with Crippen LogP contribution in [0.2, 0.25) is 0 Å². The average molecular weight is 461 g/mol. The number of aromatic nitrogens is 7. The molecule has 1 aliphatic rings. The van der Waals surface area contributed by atoms with Crippen LogP contribution in [-0.2, 0) is 17.1 Å². The molecule has 0 spiro atoms. The molecule has 5 aromatic heterocycles. The lowest BCUT2D eigenvalue weighted by molar-refractivity contribution is 0.577. The zero-order valence-corrected chi connectivity index (χ0v) is 18.6. The predicted octanol–water partition coefficient (Wildman–Crippen LogP) is 2.09. The first-order chi connectivity index (χ1) is 16.0. The van der Waals surface area contributed by atoms with Crippen molar-refractivity contribution in [1.82, 2.24) is 38.7 Å². The molecule has 0 saturated carbocycles. The monoisotopic (exact) mass is 460 g/mol. The number of nitrogens with zero attached hydrogens (tertiary/aromatic N) is 7. The smallest absolute Gasteiger partial charge is 0.301 e. The Morgan fingerprint density at radius 3 is 2.67 bits per heavy atom. The van der Waals surface area contributed by atoms with Gasteiger partial charge in [0, 0.05) is 43.3 Å². The summed E-state index contributed by atoms with van der Waals surface area (Å²) in [4.78, 5) is 8.75. The largest absolute Gasteiger partial charge is 0.313 e. The molecule has 166 valence electrons. The van der Waals surface area contributed by atoms with Crippen LogP contribution in [0.1, 0.15) is 12.0 Å². The fourth-order valence-electron chi connectivity index (χ4n) is 4.12. The van der Waals surface area contributed by atoms with Crippen molar-refractivity contribution >= 4 is 32.3 Å². The fraction of sp³-hybridized carbons (Fsp3) is 0.182. The van der Waals surface area contributed by atoms with Gasteiger partial charge >= 0.3 is 10.0 Å². The van der Waals surface area contributed by atoms with Gasteiger partial charge in [0.2, 0.25) is 0 Å². The third-order valence-corrected chi connectivity index (χ3v) is 7.40. The number of imidazole rings is 1. The van der Waals surface area contributed by atoms with Crippen molar-refractivity contribution in [2.45, 2.75) is 11.4 Å². The Bertz CT molecular complexity index is 1660. The van der Waals surface area contributed by atoms with Crippen LogP contribution >= 0.6 is 0 Å². The van der Waals surface area contributed by atoms with Crippen molar-refractivity contribution in [2.75, 3.05) is 13.1 Å². The highest BCUT2D eigenvalue weighted by atomic mass is 32.2. The molecule has 0 bridgehead atoms. The molecule has 1 aliphatic heterocycles.